The topological polar surface area (TPSA) is 78.9 Å². The maximum absolute atomic E-state index is 13.0. The lowest BCUT2D eigenvalue weighted by atomic mass is 10.0. The number of carbonyl (C=O) groups excluding carboxylic acids is 3. The van der Waals surface area contributed by atoms with Crippen molar-refractivity contribution in [2.75, 3.05) is 13.2 Å². The van der Waals surface area contributed by atoms with Crippen molar-refractivity contribution in [2.45, 2.75) is 412 Å². The standard InChI is InChI=1S/C77H142O6/c1-4-7-10-13-16-19-22-25-28-30-32-34-36-38-40-42-44-46-49-52-55-58-61-64-67-70-76(79)82-73-74(72-81-75(78)69-66-63-60-57-54-51-48-27-24-21-18-15-12-9-6-3)83-77(80)71-68-65-62-59-56-53-50-47-45-43-41-39-37-35-33-31-29-26-23-20-17-14-11-8-5-2/h22-23,25-26,30-33,74H,4-21,24,27-29,34-73H2,1-3H3/b25-22-,26-23-,32-30-,33-31-. The third kappa shape index (κ3) is 70.0. The lowest BCUT2D eigenvalue weighted by Gasteiger charge is -2.18. The highest BCUT2D eigenvalue weighted by Gasteiger charge is 2.19. The van der Waals surface area contributed by atoms with E-state index in [-0.39, 0.29) is 31.1 Å². The first-order valence-electron chi connectivity index (χ1n) is 37.1. The molecule has 0 aliphatic rings. The molecule has 0 aromatic carbocycles. The minimum Gasteiger partial charge on any atom is -0.462 e. The Hall–Kier alpha value is -2.63. The van der Waals surface area contributed by atoms with E-state index < -0.39 is 6.10 Å². The van der Waals surface area contributed by atoms with Gasteiger partial charge in [0.05, 0.1) is 0 Å². The van der Waals surface area contributed by atoms with Crippen LogP contribution in [0, 0.1) is 0 Å². The second-order valence-corrected chi connectivity index (χ2v) is 25.2. The van der Waals surface area contributed by atoms with E-state index in [9.17, 15) is 14.4 Å². The van der Waals surface area contributed by atoms with Crippen molar-refractivity contribution in [3.63, 3.8) is 0 Å². The summed E-state index contributed by atoms with van der Waals surface area (Å²) in [5.74, 6) is -0.839. The highest BCUT2D eigenvalue weighted by Crippen LogP contribution is 2.18. The molecular weight excluding hydrogens is 1020 g/mol. The summed E-state index contributed by atoms with van der Waals surface area (Å²) in [4.78, 5) is 38.5. The molecule has 0 aliphatic heterocycles. The first kappa shape index (κ1) is 80.4. The molecule has 0 N–H and O–H groups in total. The average molecular weight is 1160 g/mol. The van der Waals surface area contributed by atoms with Crippen LogP contribution in [0.5, 0.6) is 0 Å². The Morgan fingerprint density at radius 2 is 0.434 bits per heavy atom. The molecule has 0 rings (SSSR count). The molecule has 83 heavy (non-hydrogen) atoms. The zero-order valence-corrected chi connectivity index (χ0v) is 56.0. The largest absolute Gasteiger partial charge is 0.462 e. The molecule has 0 aromatic rings. The summed E-state index contributed by atoms with van der Waals surface area (Å²) in [6, 6.07) is 0. The molecule has 0 bridgehead atoms. The van der Waals surface area contributed by atoms with E-state index in [0.717, 1.165) is 70.6 Å². The molecule has 0 heterocycles. The fourth-order valence-electron chi connectivity index (χ4n) is 11.2. The molecule has 0 aliphatic carbocycles. The van der Waals surface area contributed by atoms with Gasteiger partial charge in [-0.3, -0.25) is 14.4 Å². The van der Waals surface area contributed by atoms with E-state index in [1.54, 1.807) is 0 Å². The maximum Gasteiger partial charge on any atom is 0.306 e. The highest BCUT2D eigenvalue weighted by atomic mass is 16.6. The van der Waals surface area contributed by atoms with Gasteiger partial charge in [-0.25, -0.2) is 0 Å². The van der Waals surface area contributed by atoms with E-state index >= 15 is 0 Å². The summed E-state index contributed by atoms with van der Waals surface area (Å²) in [7, 11) is 0. The SMILES string of the molecule is CCCCCCC/C=C\C/C=C\CCCCCCCCCCCCCCCC(=O)OCC(COC(=O)CCCCCCCCCCCCCCCCC)OC(=O)CCCCCCCCCCCCCCC/C=C\C/C=C\CCCCCCC. The molecular formula is C77H142O6. The van der Waals surface area contributed by atoms with E-state index in [4.69, 9.17) is 14.2 Å². The molecule has 0 fully saturated rings. The van der Waals surface area contributed by atoms with Gasteiger partial charge < -0.3 is 14.2 Å². The van der Waals surface area contributed by atoms with Crippen LogP contribution in [0.3, 0.4) is 0 Å². The van der Waals surface area contributed by atoms with Crippen molar-refractivity contribution in [3.8, 4) is 0 Å². The van der Waals surface area contributed by atoms with E-state index in [1.165, 1.54) is 295 Å². The second kappa shape index (κ2) is 71.8. The Kier molecular flexibility index (Phi) is 69.6. The quantitative estimate of drug-likeness (QED) is 0.0261. The molecule has 1 atom stereocenters. The van der Waals surface area contributed by atoms with Gasteiger partial charge in [-0.1, -0.05) is 352 Å². The van der Waals surface area contributed by atoms with Crippen LogP contribution >= 0.6 is 0 Å². The normalized spacial score (nSPS) is 12.3. The molecule has 0 saturated heterocycles. The van der Waals surface area contributed by atoms with Crippen molar-refractivity contribution in [2.24, 2.45) is 0 Å². The molecule has 486 valence electrons. The summed E-state index contributed by atoms with van der Waals surface area (Å²) in [5, 5.41) is 0. The Balaban J connectivity index is 4.27. The summed E-state index contributed by atoms with van der Waals surface area (Å²) < 4.78 is 17.0. The van der Waals surface area contributed by atoms with Gasteiger partial charge in [0.25, 0.3) is 0 Å². The van der Waals surface area contributed by atoms with Crippen LogP contribution < -0.4 is 0 Å². The van der Waals surface area contributed by atoms with E-state index in [1.807, 2.05) is 0 Å². The van der Waals surface area contributed by atoms with Crippen LogP contribution in [0.15, 0.2) is 48.6 Å². The molecule has 6 nitrogen and oxygen atoms in total. The van der Waals surface area contributed by atoms with Gasteiger partial charge in [0.1, 0.15) is 13.2 Å². The summed E-state index contributed by atoms with van der Waals surface area (Å²) in [6.07, 6.45) is 91.4. The first-order chi connectivity index (χ1) is 41.0. The zero-order valence-electron chi connectivity index (χ0n) is 56.0. The monoisotopic (exact) mass is 1160 g/mol. The van der Waals surface area contributed by atoms with Crippen molar-refractivity contribution in [1.29, 1.82) is 0 Å². The Labute approximate surface area is 518 Å². The van der Waals surface area contributed by atoms with Crippen LogP contribution in [0.4, 0.5) is 0 Å². The summed E-state index contributed by atoms with van der Waals surface area (Å²) in [5.41, 5.74) is 0. The number of hydrogen-bond donors (Lipinski definition) is 0. The van der Waals surface area contributed by atoms with Crippen molar-refractivity contribution in [3.05, 3.63) is 48.6 Å². The molecule has 1 unspecified atom stereocenters. The smallest absolute Gasteiger partial charge is 0.306 e. The van der Waals surface area contributed by atoms with Crippen molar-refractivity contribution < 1.29 is 28.6 Å². The molecule has 0 aromatic heterocycles. The average Bonchev–Trinajstić information content (AvgIpc) is 3.49. The number of unbranched alkanes of at least 4 members (excludes halogenated alkanes) is 50. The first-order valence-corrected chi connectivity index (χ1v) is 37.1. The lowest BCUT2D eigenvalue weighted by Crippen LogP contribution is -2.30. The predicted octanol–water partition coefficient (Wildman–Crippen LogP) is 25.7. The predicted molar refractivity (Wildman–Crippen MR) is 362 cm³/mol. The minimum atomic E-state index is -0.773. The fraction of sp³-hybridized carbons (Fsp3) is 0.857. The van der Waals surface area contributed by atoms with Crippen LogP contribution in [0.25, 0.3) is 0 Å². The summed E-state index contributed by atoms with van der Waals surface area (Å²) >= 11 is 0. The Morgan fingerprint density at radius 3 is 0.663 bits per heavy atom. The van der Waals surface area contributed by atoms with Gasteiger partial charge in [0.2, 0.25) is 0 Å². The lowest BCUT2D eigenvalue weighted by molar-refractivity contribution is -0.167. The number of rotatable bonds is 69. The van der Waals surface area contributed by atoms with Crippen molar-refractivity contribution in [1.82, 2.24) is 0 Å². The van der Waals surface area contributed by atoms with Gasteiger partial charge in [0.15, 0.2) is 6.10 Å². The summed E-state index contributed by atoms with van der Waals surface area (Å²) in [6.45, 7) is 6.70. The van der Waals surface area contributed by atoms with E-state index in [0.29, 0.717) is 19.3 Å². The number of allylic oxidation sites excluding steroid dienone is 8. The zero-order chi connectivity index (χ0) is 59.9. The van der Waals surface area contributed by atoms with Gasteiger partial charge in [-0.05, 0) is 83.5 Å². The van der Waals surface area contributed by atoms with Crippen LogP contribution in [-0.2, 0) is 28.6 Å². The molecule has 0 spiro atoms. The van der Waals surface area contributed by atoms with Gasteiger partial charge in [0, 0.05) is 19.3 Å². The number of hydrogen-bond acceptors (Lipinski definition) is 6. The molecule has 6 heteroatoms. The third-order valence-corrected chi connectivity index (χ3v) is 16.8. The minimum absolute atomic E-state index is 0.0680. The highest BCUT2D eigenvalue weighted by molar-refractivity contribution is 5.71. The number of carbonyl (C=O) groups is 3. The van der Waals surface area contributed by atoms with Gasteiger partial charge >= 0.3 is 17.9 Å². The van der Waals surface area contributed by atoms with Gasteiger partial charge in [-0.15, -0.1) is 0 Å². The third-order valence-electron chi connectivity index (χ3n) is 16.8. The molecule has 0 amide bonds. The van der Waals surface area contributed by atoms with Gasteiger partial charge in [-0.2, -0.15) is 0 Å². The molecule has 0 saturated carbocycles. The fourth-order valence-corrected chi connectivity index (χ4v) is 11.2. The van der Waals surface area contributed by atoms with Crippen molar-refractivity contribution >= 4 is 17.9 Å². The molecule has 0 radical (unpaired) electrons. The second-order valence-electron chi connectivity index (χ2n) is 25.2. The van der Waals surface area contributed by atoms with Crippen LogP contribution in [-0.4, -0.2) is 37.2 Å². The number of esters is 3. The van der Waals surface area contributed by atoms with E-state index in [2.05, 4.69) is 69.4 Å². The maximum atomic E-state index is 13.0. The Bertz CT molecular complexity index is 1430. The van der Waals surface area contributed by atoms with Crippen LogP contribution in [0.2, 0.25) is 0 Å². The number of ether oxygens (including phenoxy) is 3. The Morgan fingerprint density at radius 1 is 0.241 bits per heavy atom. The van der Waals surface area contributed by atoms with Crippen LogP contribution in [0.1, 0.15) is 406 Å².